The smallest absolute Gasteiger partial charge is 0.274 e. The Labute approximate surface area is 90.6 Å². The minimum absolute atomic E-state index is 0.0326. The lowest BCUT2D eigenvalue weighted by Gasteiger charge is -2.05. The molecule has 0 fully saturated rings. The van der Waals surface area contributed by atoms with Crippen LogP contribution in [0.5, 0.6) is 5.75 Å². The van der Waals surface area contributed by atoms with E-state index in [1.807, 2.05) is 0 Å². The van der Waals surface area contributed by atoms with Gasteiger partial charge in [0.25, 0.3) is 5.91 Å². The van der Waals surface area contributed by atoms with Gasteiger partial charge in [-0.3, -0.25) is 4.79 Å². The highest BCUT2D eigenvalue weighted by molar-refractivity contribution is 6.07. The topological polar surface area (TPSA) is 78.8 Å². The van der Waals surface area contributed by atoms with Crippen LogP contribution in [0.1, 0.15) is 10.4 Å². The standard InChI is InChI=1S/C11H8N2O3/c14-8-5-7-3-1-2-4-9(7)10(6-8)11(15)12-13-16/h1-6,14H,(H,12,15,16). The second kappa shape index (κ2) is 3.98. The fourth-order valence-corrected chi connectivity index (χ4v) is 1.58. The SMILES string of the molecule is O=NNC(=O)c1cc(O)cc2ccccc12. The van der Waals surface area contributed by atoms with Crippen LogP contribution in [0.3, 0.4) is 0 Å². The number of carbonyl (C=O) groups is 1. The highest BCUT2D eigenvalue weighted by Crippen LogP contribution is 2.24. The van der Waals surface area contributed by atoms with Crippen molar-refractivity contribution in [3.05, 3.63) is 46.9 Å². The molecule has 1 amide bonds. The molecule has 0 aromatic heterocycles. The molecule has 0 radical (unpaired) electrons. The summed E-state index contributed by atoms with van der Waals surface area (Å²) in [4.78, 5) is 21.5. The Morgan fingerprint density at radius 3 is 2.75 bits per heavy atom. The van der Waals surface area contributed by atoms with Crippen LogP contribution in [-0.2, 0) is 0 Å². The third kappa shape index (κ3) is 1.70. The van der Waals surface area contributed by atoms with Gasteiger partial charge in [0.1, 0.15) is 5.75 Å². The second-order valence-electron chi connectivity index (χ2n) is 3.25. The molecule has 0 unspecified atom stereocenters. The van der Waals surface area contributed by atoms with Crippen LogP contribution >= 0.6 is 0 Å². The summed E-state index contributed by atoms with van der Waals surface area (Å²) in [5.74, 6) is -0.670. The Hall–Kier alpha value is -2.43. The Morgan fingerprint density at radius 2 is 2.00 bits per heavy atom. The normalized spacial score (nSPS) is 10.0. The largest absolute Gasteiger partial charge is 0.508 e. The van der Waals surface area contributed by atoms with Gasteiger partial charge >= 0.3 is 0 Å². The first-order valence-corrected chi connectivity index (χ1v) is 4.57. The Bertz CT molecular complexity index is 566. The lowest BCUT2D eigenvalue weighted by molar-refractivity contribution is 0.0955. The third-order valence-corrected chi connectivity index (χ3v) is 2.24. The van der Waals surface area contributed by atoms with Crippen molar-refractivity contribution in [2.24, 2.45) is 5.29 Å². The number of rotatable bonds is 2. The minimum atomic E-state index is -0.637. The lowest BCUT2D eigenvalue weighted by Crippen LogP contribution is -2.16. The molecule has 0 heterocycles. The predicted octanol–water partition coefficient (Wildman–Crippen LogP) is 1.96. The molecule has 0 bridgehead atoms. The zero-order chi connectivity index (χ0) is 11.5. The molecular formula is C11H8N2O3. The number of hydrogen-bond donors (Lipinski definition) is 2. The summed E-state index contributed by atoms with van der Waals surface area (Å²) in [5, 5.41) is 13.1. The maximum atomic E-state index is 11.5. The van der Waals surface area contributed by atoms with Gasteiger partial charge in [0.15, 0.2) is 0 Å². The maximum Gasteiger partial charge on any atom is 0.274 e. The van der Waals surface area contributed by atoms with Gasteiger partial charge in [-0.25, -0.2) is 5.43 Å². The quantitative estimate of drug-likeness (QED) is 0.594. The molecule has 0 aliphatic rings. The fraction of sp³-hybridized carbons (Fsp3) is 0. The molecule has 2 aromatic rings. The first-order chi connectivity index (χ1) is 7.72. The molecule has 5 nitrogen and oxygen atoms in total. The average molecular weight is 216 g/mol. The summed E-state index contributed by atoms with van der Waals surface area (Å²) in [5.41, 5.74) is 2.02. The van der Waals surface area contributed by atoms with E-state index in [4.69, 9.17) is 0 Å². The lowest BCUT2D eigenvalue weighted by atomic mass is 10.0. The molecule has 0 aliphatic heterocycles. The number of fused-ring (bicyclic) bond motifs is 1. The van der Waals surface area contributed by atoms with Crippen molar-refractivity contribution in [2.45, 2.75) is 0 Å². The third-order valence-electron chi connectivity index (χ3n) is 2.24. The van der Waals surface area contributed by atoms with Gasteiger partial charge in [0, 0.05) is 0 Å². The maximum absolute atomic E-state index is 11.5. The number of phenols is 1. The first kappa shape index (κ1) is 10.1. The molecule has 2 aromatic carbocycles. The predicted molar refractivity (Wildman–Crippen MR) is 58.9 cm³/mol. The van der Waals surface area contributed by atoms with Gasteiger partial charge in [-0.2, -0.15) is 0 Å². The van der Waals surface area contributed by atoms with E-state index in [0.717, 1.165) is 5.39 Å². The van der Waals surface area contributed by atoms with Gasteiger partial charge in [-0.15, -0.1) is 4.91 Å². The van der Waals surface area contributed by atoms with Crippen molar-refractivity contribution in [2.75, 3.05) is 0 Å². The van der Waals surface area contributed by atoms with Crippen molar-refractivity contribution in [1.29, 1.82) is 0 Å². The van der Waals surface area contributed by atoms with E-state index >= 15 is 0 Å². The highest BCUT2D eigenvalue weighted by atomic mass is 16.3. The summed E-state index contributed by atoms with van der Waals surface area (Å²) >= 11 is 0. The number of carbonyl (C=O) groups excluding carboxylic acids is 1. The average Bonchev–Trinajstić information content (AvgIpc) is 2.28. The number of nitrogens with zero attached hydrogens (tertiary/aromatic N) is 1. The number of phenolic OH excluding ortho intramolecular Hbond substituents is 1. The van der Waals surface area contributed by atoms with Gasteiger partial charge < -0.3 is 5.11 Å². The Morgan fingerprint density at radius 1 is 1.25 bits per heavy atom. The van der Waals surface area contributed by atoms with Crippen molar-refractivity contribution in [1.82, 2.24) is 5.43 Å². The highest BCUT2D eigenvalue weighted by Gasteiger charge is 2.11. The molecule has 0 spiro atoms. The van der Waals surface area contributed by atoms with E-state index in [0.29, 0.717) is 5.39 Å². The molecular weight excluding hydrogens is 208 g/mol. The van der Waals surface area contributed by atoms with Gasteiger partial charge in [0.2, 0.25) is 0 Å². The Balaban J connectivity index is 2.67. The van der Waals surface area contributed by atoms with Crippen LogP contribution in [0.2, 0.25) is 0 Å². The molecule has 2 N–H and O–H groups in total. The van der Waals surface area contributed by atoms with E-state index in [2.05, 4.69) is 5.29 Å². The zero-order valence-electron chi connectivity index (χ0n) is 8.18. The summed E-state index contributed by atoms with van der Waals surface area (Å²) in [7, 11) is 0. The number of aromatic hydroxyl groups is 1. The van der Waals surface area contributed by atoms with Crippen LogP contribution in [0.4, 0.5) is 0 Å². The van der Waals surface area contributed by atoms with Gasteiger partial charge in [-0.05, 0) is 22.9 Å². The van der Waals surface area contributed by atoms with Gasteiger partial charge in [-0.1, -0.05) is 24.3 Å². The summed E-state index contributed by atoms with van der Waals surface area (Å²) in [6, 6.07) is 9.89. The molecule has 0 atom stereocenters. The van der Waals surface area contributed by atoms with Crippen LogP contribution in [-0.4, -0.2) is 11.0 Å². The van der Waals surface area contributed by atoms with Crippen molar-refractivity contribution in [3.8, 4) is 5.75 Å². The first-order valence-electron chi connectivity index (χ1n) is 4.57. The van der Waals surface area contributed by atoms with Crippen LogP contribution < -0.4 is 5.43 Å². The van der Waals surface area contributed by atoms with E-state index in [-0.39, 0.29) is 11.3 Å². The van der Waals surface area contributed by atoms with Gasteiger partial charge in [0.05, 0.1) is 10.8 Å². The van der Waals surface area contributed by atoms with Crippen LogP contribution in [0, 0.1) is 4.91 Å². The fourth-order valence-electron chi connectivity index (χ4n) is 1.58. The van der Waals surface area contributed by atoms with E-state index in [1.165, 1.54) is 6.07 Å². The monoisotopic (exact) mass is 216 g/mol. The second-order valence-corrected chi connectivity index (χ2v) is 3.25. The zero-order valence-corrected chi connectivity index (χ0v) is 8.18. The molecule has 80 valence electrons. The summed E-state index contributed by atoms with van der Waals surface area (Å²) in [6.07, 6.45) is 0. The summed E-state index contributed by atoms with van der Waals surface area (Å²) in [6.45, 7) is 0. The number of amides is 1. The summed E-state index contributed by atoms with van der Waals surface area (Å²) < 4.78 is 0. The van der Waals surface area contributed by atoms with Crippen LogP contribution in [0.25, 0.3) is 10.8 Å². The van der Waals surface area contributed by atoms with E-state index in [1.54, 1.807) is 35.8 Å². The van der Waals surface area contributed by atoms with Crippen LogP contribution in [0.15, 0.2) is 41.7 Å². The minimum Gasteiger partial charge on any atom is -0.508 e. The number of nitroso groups, excluding NO2 is 1. The van der Waals surface area contributed by atoms with Crippen molar-refractivity contribution in [3.63, 3.8) is 0 Å². The molecule has 0 saturated carbocycles. The number of nitrogens with one attached hydrogen (secondary N) is 1. The number of hydrogen-bond acceptors (Lipinski definition) is 4. The van der Waals surface area contributed by atoms with E-state index in [9.17, 15) is 14.8 Å². The molecule has 2 rings (SSSR count). The number of benzene rings is 2. The molecule has 5 heteroatoms. The van der Waals surface area contributed by atoms with Crippen molar-refractivity contribution < 1.29 is 9.90 Å². The molecule has 0 saturated heterocycles. The van der Waals surface area contributed by atoms with E-state index < -0.39 is 5.91 Å². The van der Waals surface area contributed by atoms with Crippen molar-refractivity contribution >= 4 is 16.7 Å². The molecule has 0 aliphatic carbocycles. The molecule has 16 heavy (non-hydrogen) atoms. The Kier molecular flexibility index (Phi) is 2.51.